The number of aliphatic hydroxyl groups is 1. The van der Waals surface area contributed by atoms with Gasteiger partial charge in [-0.1, -0.05) is 81.0 Å². The summed E-state index contributed by atoms with van der Waals surface area (Å²) in [4.78, 5) is 0. The van der Waals surface area contributed by atoms with Gasteiger partial charge in [-0.05, 0) is 85.8 Å². The molecule has 222 valence electrons. The van der Waals surface area contributed by atoms with Gasteiger partial charge in [-0.15, -0.1) is 0 Å². The Balaban J connectivity index is 1.28. The van der Waals surface area contributed by atoms with Gasteiger partial charge < -0.3 is 19.3 Å². The summed E-state index contributed by atoms with van der Waals surface area (Å²) < 4.78 is 18.4. The third-order valence-corrected chi connectivity index (χ3v) is 11.1. The Bertz CT molecular complexity index is 1210. The van der Waals surface area contributed by atoms with E-state index >= 15 is 0 Å². The summed E-state index contributed by atoms with van der Waals surface area (Å²) in [5.41, 5.74) is 6.12. The zero-order chi connectivity index (χ0) is 28.8. The van der Waals surface area contributed by atoms with Crippen LogP contribution in [0.5, 0.6) is 0 Å². The van der Waals surface area contributed by atoms with Gasteiger partial charge in [0.15, 0.2) is 5.79 Å². The van der Waals surface area contributed by atoms with E-state index in [1.54, 1.807) is 11.1 Å². The number of benzene rings is 1. The summed E-state index contributed by atoms with van der Waals surface area (Å²) in [6.45, 7) is 14.9. The van der Waals surface area contributed by atoms with E-state index in [4.69, 9.17) is 14.2 Å². The number of allylic oxidation sites excluding steroid dienone is 5. The van der Waals surface area contributed by atoms with Gasteiger partial charge in [0.1, 0.15) is 5.76 Å². The monoisotopic (exact) mass is 558 g/mol. The van der Waals surface area contributed by atoms with E-state index in [2.05, 4.69) is 57.7 Å². The molecule has 0 aromatic heterocycles. The van der Waals surface area contributed by atoms with Crippen molar-refractivity contribution in [2.24, 2.45) is 28.6 Å². The third kappa shape index (κ3) is 5.53. The molecule has 1 spiro atoms. The standard InChI is InChI=1S/C37H50O4/c1-6-39-25(2)9-7-8-10-26-11-13-27(14-12-26)31-22-36(5)32(17-18-33(36)38)30-16-15-28-21-37(20-19-29(28)34(30)31)40-23-35(3,4)24-41-37/h7-14,28,30-33,38H,2,6,15-24H2,1,3-5H3/b9-7+,10-8+. The lowest BCUT2D eigenvalue weighted by Gasteiger charge is -2.55. The molecule has 1 aromatic carbocycles. The van der Waals surface area contributed by atoms with Crippen LogP contribution < -0.4 is 0 Å². The second kappa shape index (κ2) is 11.2. The van der Waals surface area contributed by atoms with Crippen molar-refractivity contribution in [1.82, 2.24) is 0 Å². The first-order chi connectivity index (χ1) is 19.6. The molecule has 4 aliphatic carbocycles. The number of ether oxygens (including phenoxy) is 3. The van der Waals surface area contributed by atoms with Gasteiger partial charge in [-0.3, -0.25) is 0 Å². The van der Waals surface area contributed by atoms with Crippen molar-refractivity contribution in [1.29, 1.82) is 0 Å². The lowest BCUT2D eigenvalue weighted by molar-refractivity contribution is -0.312. The van der Waals surface area contributed by atoms with Gasteiger partial charge in [0.2, 0.25) is 0 Å². The Morgan fingerprint density at radius 3 is 2.51 bits per heavy atom. The molecule has 5 aliphatic rings. The Hall–Kier alpha value is -2.14. The second-order valence-corrected chi connectivity index (χ2v) is 14.5. The Labute approximate surface area is 247 Å². The molecular formula is C37H50O4. The highest BCUT2D eigenvalue weighted by Crippen LogP contribution is 2.65. The summed E-state index contributed by atoms with van der Waals surface area (Å²) >= 11 is 0. The van der Waals surface area contributed by atoms with Gasteiger partial charge in [0.25, 0.3) is 0 Å². The van der Waals surface area contributed by atoms with Crippen molar-refractivity contribution in [3.63, 3.8) is 0 Å². The molecule has 1 N–H and O–H groups in total. The van der Waals surface area contributed by atoms with E-state index in [9.17, 15) is 5.11 Å². The Kier molecular flexibility index (Phi) is 7.89. The SMILES string of the molecule is C=C(/C=C/C=C/c1ccc(C2CC3(C)C(O)CCC3C3CCC4CC5(CCC4=C23)OCC(C)(C)CO5)cc1)OCC. The fraction of sp³-hybridized carbons (Fsp3) is 0.622. The molecule has 4 nitrogen and oxygen atoms in total. The number of hydrogen-bond donors (Lipinski definition) is 1. The first-order valence-corrected chi connectivity index (χ1v) is 16.1. The normalized spacial score (nSPS) is 35.9. The van der Waals surface area contributed by atoms with Crippen LogP contribution in [0.15, 0.2) is 66.0 Å². The molecule has 4 heteroatoms. The second-order valence-electron chi connectivity index (χ2n) is 14.5. The maximum Gasteiger partial charge on any atom is 0.169 e. The van der Waals surface area contributed by atoms with Crippen LogP contribution in [0, 0.1) is 28.6 Å². The summed E-state index contributed by atoms with van der Waals surface area (Å²) in [6.07, 6.45) is 16.5. The average Bonchev–Trinajstić information content (AvgIpc) is 3.26. The van der Waals surface area contributed by atoms with Crippen molar-refractivity contribution in [2.75, 3.05) is 19.8 Å². The fourth-order valence-electron chi connectivity index (χ4n) is 8.90. The molecule has 4 fully saturated rings. The molecule has 0 amide bonds. The van der Waals surface area contributed by atoms with Crippen LogP contribution in [0.25, 0.3) is 6.08 Å². The van der Waals surface area contributed by atoms with Crippen LogP contribution in [0.1, 0.15) is 96.1 Å². The first kappa shape index (κ1) is 29.0. The summed E-state index contributed by atoms with van der Waals surface area (Å²) in [7, 11) is 0. The zero-order valence-electron chi connectivity index (χ0n) is 25.7. The van der Waals surface area contributed by atoms with Crippen LogP contribution >= 0.6 is 0 Å². The minimum Gasteiger partial charge on any atom is -0.495 e. The minimum atomic E-state index is -0.392. The largest absolute Gasteiger partial charge is 0.495 e. The number of aliphatic hydroxyl groups excluding tert-OH is 1. The van der Waals surface area contributed by atoms with Gasteiger partial charge >= 0.3 is 0 Å². The molecule has 3 saturated carbocycles. The Morgan fingerprint density at radius 2 is 1.78 bits per heavy atom. The van der Waals surface area contributed by atoms with Crippen LogP contribution in [-0.2, 0) is 14.2 Å². The van der Waals surface area contributed by atoms with E-state index in [-0.39, 0.29) is 16.9 Å². The summed E-state index contributed by atoms with van der Waals surface area (Å²) in [6, 6.07) is 9.18. The van der Waals surface area contributed by atoms with E-state index in [0.717, 1.165) is 51.7 Å². The number of hydrogen-bond acceptors (Lipinski definition) is 4. The molecule has 1 aliphatic heterocycles. The quantitative estimate of drug-likeness (QED) is 0.217. The fourth-order valence-corrected chi connectivity index (χ4v) is 8.90. The maximum absolute atomic E-state index is 11.2. The average molecular weight is 559 g/mol. The van der Waals surface area contributed by atoms with Crippen LogP contribution in [-0.4, -0.2) is 36.8 Å². The lowest BCUT2D eigenvalue weighted by atomic mass is 9.52. The molecule has 1 aromatic rings. The highest BCUT2D eigenvalue weighted by atomic mass is 16.7. The first-order valence-electron chi connectivity index (χ1n) is 16.1. The maximum atomic E-state index is 11.2. The van der Waals surface area contributed by atoms with E-state index in [1.807, 2.05) is 25.2 Å². The van der Waals surface area contributed by atoms with Crippen molar-refractivity contribution < 1.29 is 19.3 Å². The lowest BCUT2D eigenvalue weighted by Crippen LogP contribution is -2.52. The topological polar surface area (TPSA) is 47.9 Å². The highest BCUT2D eigenvalue weighted by Gasteiger charge is 2.57. The van der Waals surface area contributed by atoms with E-state index < -0.39 is 5.79 Å². The van der Waals surface area contributed by atoms with Crippen molar-refractivity contribution >= 4 is 6.08 Å². The highest BCUT2D eigenvalue weighted by molar-refractivity contribution is 5.53. The zero-order valence-corrected chi connectivity index (χ0v) is 25.7. The van der Waals surface area contributed by atoms with Crippen molar-refractivity contribution in [3.8, 4) is 0 Å². The van der Waals surface area contributed by atoms with Gasteiger partial charge in [-0.2, -0.15) is 0 Å². The summed E-state index contributed by atoms with van der Waals surface area (Å²) in [5, 5.41) is 11.2. The van der Waals surface area contributed by atoms with Crippen LogP contribution in [0.3, 0.4) is 0 Å². The van der Waals surface area contributed by atoms with Gasteiger partial charge in [-0.25, -0.2) is 0 Å². The molecule has 0 radical (unpaired) electrons. The molecule has 6 rings (SSSR count). The number of rotatable bonds is 6. The van der Waals surface area contributed by atoms with E-state index in [0.29, 0.717) is 36.0 Å². The molecule has 1 saturated heterocycles. The summed E-state index contributed by atoms with van der Waals surface area (Å²) in [5.74, 6) is 2.40. The molecule has 0 bridgehead atoms. The Morgan fingerprint density at radius 1 is 1.02 bits per heavy atom. The third-order valence-electron chi connectivity index (χ3n) is 11.1. The molecule has 1 heterocycles. The molecule has 41 heavy (non-hydrogen) atoms. The van der Waals surface area contributed by atoms with E-state index in [1.165, 1.54) is 24.0 Å². The predicted octanol–water partition coefficient (Wildman–Crippen LogP) is 8.35. The smallest absolute Gasteiger partial charge is 0.169 e. The molecule has 6 atom stereocenters. The van der Waals surface area contributed by atoms with Gasteiger partial charge in [0, 0.05) is 24.2 Å². The molecular weight excluding hydrogens is 508 g/mol. The molecule has 6 unspecified atom stereocenters. The van der Waals surface area contributed by atoms with Crippen molar-refractivity contribution in [2.45, 2.75) is 96.9 Å². The van der Waals surface area contributed by atoms with Crippen LogP contribution in [0.4, 0.5) is 0 Å². The number of fused-ring (bicyclic) bond motifs is 4. The minimum absolute atomic E-state index is 0.00435. The van der Waals surface area contributed by atoms with Crippen molar-refractivity contribution in [3.05, 3.63) is 77.1 Å². The predicted molar refractivity (Wildman–Crippen MR) is 165 cm³/mol. The van der Waals surface area contributed by atoms with Crippen LogP contribution in [0.2, 0.25) is 0 Å². The van der Waals surface area contributed by atoms with Gasteiger partial charge in [0.05, 0.1) is 25.9 Å².